The van der Waals surface area contributed by atoms with Crippen LogP contribution in [0.15, 0.2) is 30.3 Å². The predicted octanol–water partition coefficient (Wildman–Crippen LogP) is 3.24. The van der Waals surface area contributed by atoms with E-state index in [-0.39, 0.29) is 17.7 Å². The lowest BCUT2D eigenvalue weighted by atomic mass is 9.52. The average molecular weight is 423 g/mol. The number of aryl methyl sites for hydroxylation is 1. The van der Waals surface area contributed by atoms with Crippen LogP contribution in [-0.2, 0) is 7.05 Å². The maximum absolute atomic E-state index is 13.3. The van der Waals surface area contributed by atoms with Gasteiger partial charge in [-0.05, 0) is 80.5 Å². The maximum atomic E-state index is 13.3. The lowest BCUT2D eigenvalue weighted by molar-refractivity contribution is -0.137. The Bertz CT molecular complexity index is 1040. The Morgan fingerprint density at radius 2 is 1.87 bits per heavy atom. The van der Waals surface area contributed by atoms with Crippen molar-refractivity contribution in [1.82, 2.24) is 9.88 Å². The van der Waals surface area contributed by atoms with Gasteiger partial charge in [0.25, 0.3) is 5.91 Å². The number of amides is 1. The lowest BCUT2D eigenvalue weighted by Crippen LogP contribution is -2.61. The zero-order chi connectivity index (χ0) is 21.9. The second kappa shape index (κ2) is 7.23. The monoisotopic (exact) mass is 422 g/mol. The molecule has 6 rings (SSSR count). The minimum absolute atomic E-state index is 0.108. The van der Waals surface area contributed by atoms with E-state index in [9.17, 15) is 14.7 Å². The number of methoxy groups -OCH3 is 1. The van der Waals surface area contributed by atoms with Gasteiger partial charge in [0, 0.05) is 18.7 Å². The molecule has 0 spiro atoms. The van der Waals surface area contributed by atoms with Gasteiger partial charge >= 0.3 is 0 Å². The van der Waals surface area contributed by atoms with Crippen LogP contribution in [0.5, 0.6) is 5.75 Å². The summed E-state index contributed by atoms with van der Waals surface area (Å²) in [6, 6.07) is 8.95. The summed E-state index contributed by atoms with van der Waals surface area (Å²) in [4.78, 5) is 26.4. The van der Waals surface area contributed by atoms with Crippen LogP contribution in [0, 0.1) is 24.7 Å². The molecule has 6 heteroatoms. The molecule has 4 aliphatic carbocycles. The fraction of sp³-hybridized carbons (Fsp3) is 0.520. The highest BCUT2D eigenvalue weighted by Crippen LogP contribution is 2.55. The number of hydrogen-bond donors (Lipinski definition) is 2. The van der Waals surface area contributed by atoms with E-state index >= 15 is 0 Å². The summed E-state index contributed by atoms with van der Waals surface area (Å²) in [6.07, 6.45) is 4.69. The SMILES string of the molecule is COc1cccc(C(=O)c2cc(C)c(C(=O)NC3C4CC5CC3CC(O)(C5)C4)n2C)c1. The van der Waals surface area contributed by atoms with Crippen LogP contribution in [-0.4, -0.2) is 40.1 Å². The number of benzene rings is 1. The van der Waals surface area contributed by atoms with Crippen molar-refractivity contribution >= 4 is 11.7 Å². The smallest absolute Gasteiger partial charge is 0.268 e. The van der Waals surface area contributed by atoms with Gasteiger partial charge in [-0.15, -0.1) is 0 Å². The molecule has 1 aromatic carbocycles. The molecular formula is C25H30N2O4. The van der Waals surface area contributed by atoms with Gasteiger partial charge in [-0.25, -0.2) is 0 Å². The van der Waals surface area contributed by atoms with E-state index in [2.05, 4.69) is 5.32 Å². The molecule has 1 heterocycles. The summed E-state index contributed by atoms with van der Waals surface area (Å²) in [5, 5.41) is 14.1. The maximum Gasteiger partial charge on any atom is 0.268 e. The van der Waals surface area contributed by atoms with E-state index in [1.807, 2.05) is 6.92 Å². The van der Waals surface area contributed by atoms with Gasteiger partial charge in [-0.1, -0.05) is 12.1 Å². The van der Waals surface area contributed by atoms with E-state index in [0.29, 0.717) is 40.5 Å². The number of carbonyl (C=O) groups is 2. The Morgan fingerprint density at radius 1 is 1.16 bits per heavy atom. The number of ether oxygens (including phenoxy) is 1. The molecule has 31 heavy (non-hydrogen) atoms. The largest absolute Gasteiger partial charge is 0.497 e. The Labute approximate surface area is 182 Å². The molecular weight excluding hydrogens is 392 g/mol. The van der Waals surface area contributed by atoms with Crippen molar-refractivity contribution in [3.8, 4) is 5.75 Å². The first-order valence-corrected chi connectivity index (χ1v) is 11.2. The molecule has 0 radical (unpaired) electrons. The zero-order valence-corrected chi connectivity index (χ0v) is 18.4. The van der Waals surface area contributed by atoms with Crippen molar-refractivity contribution in [1.29, 1.82) is 0 Å². The van der Waals surface area contributed by atoms with E-state index in [1.54, 1.807) is 49.1 Å². The van der Waals surface area contributed by atoms with Crippen molar-refractivity contribution in [2.75, 3.05) is 7.11 Å². The number of aromatic nitrogens is 1. The van der Waals surface area contributed by atoms with E-state index < -0.39 is 5.60 Å². The molecule has 1 amide bonds. The molecule has 2 unspecified atom stereocenters. The summed E-state index contributed by atoms with van der Waals surface area (Å²) in [5.74, 6) is 1.64. The summed E-state index contributed by atoms with van der Waals surface area (Å²) in [6.45, 7) is 1.87. The normalized spacial score (nSPS) is 31.0. The van der Waals surface area contributed by atoms with E-state index in [1.165, 1.54) is 0 Å². The number of nitrogens with one attached hydrogen (secondary N) is 1. The van der Waals surface area contributed by atoms with Crippen LogP contribution in [0.2, 0.25) is 0 Å². The highest BCUT2D eigenvalue weighted by atomic mass is 16.5. The van der Waals surface area contributed by atoms with E-state index in [0.717, 1.165) is 37.7 Å². The predicted molar refractivity (Wildman–Crippen MR) is 116 cm³/mol. The molecule has 2 atom stereocenters. The first kappa shape index (κ1) is 20.3. The fourth-order valence-corrected chi connectivity index (χ4v) is 6.65. The third kappa shape index (κ3) is 3.37. The lowest BCUT2D eigenvalue weighted by Gasteiger charge is -2.58. The number of ketones is 1. The third-order valence-electron chi connectivity index (χ3n) is 7.74. The van der Waals surface area contributed by atoms with Crippen LogP contribution < -0.4 is 10.1 Å². The molecule has 6 nitrogen and oxygen atoms in total. The van der Waals surface area contributed by atoms with E-state index in [4.69, 9.17) is 4.74 Å². The quantitative estimate of drug-likeness (QED) is 0.725. The molecule has 0 aliphatic heterocycles. The standard InChI is InChI=1S/C25H30N2O4/c1-14-7-20(23(28)16-5-4-6-19(10-16)31-3)27(2)22(14)24(29)26-21-17-8-15-9-18(21)13-25(30,11-15)12-17/h4-7,10,15,17-18,21,30H,8-9,11-13H2,1-3H3,(H,26,29). The van der Waals surface area contributed by atoms with Crippen LogP contribution >= 0.6 is 0 Å². The highest BCUT2D eigenvalue weighted by molar-refractivity contribution is 6.09. The number of hydrogen-bond acceptors (Lipinski definition) is 4. The van der Waals surface area contributed by atoms with Crippen LogP contribution in [0.3, 0.4) is 0 Å². The van der Waals surface area contributed by atoms with Gasteiger partial charge in [-0.2, -0.15) is 0 Å². The van der Waals surface area contributed by atoms with Gasteiger partial charge in [0.15, 0.2) is 0 Å². The van der Waals surface area contributed by atoms with Crippen molar-refractivity contribution in [2.24, 2.45) is 24.8 Å². The minimum Gasteiger partial charge on any atom is -0.497 e. The summed E-state index contributed by atoms with van der Waals surface area (Å²) >= 11 is 0. The summed E-state index contributed by atoms with van der Waals surface area (Å²) < 4.78 is 6.94. The zero-order valence-electron chi connectivity index (χ0n) is 18.4. The number of carbonyl (C=O) groups excluding carboxylic acids is 2. The second-order valence-electron chi connectivity index (χ2n) is 9.87. The molecule has 164 valence electrons. The Morgan fingerprint density at radius 3 is 2.52 bits per heavy atom. The number of nitrogens with zero attached hydrogens (tertiary/aromatic N) is 1. The van der Waals surface area contributed by atoms with Gasteiger partial charge in [-0.3, -0.25) is 9.59 Å². The summed E-state index contributed by atoms with van der Waals surface area (Å²) in [5.41, 5.74) is 1.80. The fourth-order valence-electron chi connectivity index (χ4n) is 6.65. The van der Waals surface area contributed by atoms with Crippen molar-refractivity contribution < 1.29 is 19.4 Å². The summed E-state index contributed by atoms with van der Waals surface area (Å²) in [7, 11) is 3.34. The molecule has 4 aliphatic rings. The number of rotatable bonds is 5. The second-order valence-corrected chi connectivity index (χ2v) is 9.87. The molecule has 4 fully saturated rings. The average Bonchev–Trinajstić information content (AvgIpc) is 3.03. The molecule has 2 N–H and O–H groups in total. The van der Waals surface area contributed by atoms with Crippen LogP contribution in [0.4, 0.5) is 0 Å². The van der Waals surface area contributed by atoms with Crippen molar-refractivity contribution in [3.63, 3.8) is 0 Å². The van der Waals surface area contributed by atoms with Gasteiger partial charge in [0.1, 0.15) is 11.4 Å². The molecule has 2 aromatic rings. The Kier molecular flexibility index (Phi) is 4.74. The minimum atomic E-state index is -0.519. The van der Waals surface area contributed by atoms with Crippen LogP contribution in [0.25, 0.3) is 0 Å². The van der Waals surface area contributed by atoms with Gasteiger partial charge in [0.2, 0.25) is 5.78 Å². The Hall–Kier alpha value is -2.60. The van der Waals surface area contributed by atoms with Crippen molar-refractivity contribution in [2.45, 2.75) is 50.7 Å². The first-order valence-electron chi connectivity index (χ1n) is 11.2. The molecule has 0 saturated heterocycles. The molecule has 4 bridgehead atoms. The van der Waals surface area contributed by atoms with Gasteiger partial charge in [0.05, 0.1) is 18.4 Å². The first-order chi connectivity index (χ1) is 14.8. The molecule has 1 aromatic heterocycles. The Balaban J connectivity index is 1.38. The van der Waals surface area contributed by atoms with Crippen LogP contribution in [0.1, 0.15) is 64.2 Å². The topological polar surface area (TPSA) is 80.6 Å². The highest BCUT2D eigenvalue weighted by Gasteiger charge is 2.55. The van der Waals surface area contributed by atoms with Gasteiger partial charge < -0.3 is 19.7 Å². The number of aliphatic hydroxyl groups is 1. The third-order valence-corrected chi connectivity index (χ3v) is 7.74. The van der Waals surface area contributed by atoms with Crippen molar-refractivity contribution in [3.05, 3.63) is 52.8 Å². The molecule has 4 saturated carbocycles.